The first kappa shape index (κ1) is 14.7. The number of nitrogen functional groups attached to an aromatic ring is 1. The zero-order valence-electron chi connectivity index (χ0n) is 11.3. The molecule has 0 amide bonds. The molecule has 0 aliphatic carbocycles. The first-order valence-corrected chi connectivity index (χ1v) is 5.97. The Morgan fingerprint density at radius 2 is 1.89 bits per heavy atom. The van der Waals surface area contributed by atoms with E-state index in [1.54, 1.807) is 0 Å². The summed E-state index contributed by atoms with van der Waals surface area (Å²) < 4.78 is 26.5. The summed E-state index contributed by atoms with van der Waals surface area (Å²) in [5, 5.41) is 3.11. The molecule has 0 radical (unpaired) electrons. The van der Waals surface area contributed by atoms with Gasteiger partial charge in [-0.1, -0.05) is 13.8 Å². The molecular weight excluding hydrogens is 236 g/mol. The van der Waals surface area contributed by atoms with E-state index in [0.29, 0.717) is 11.6 Å². The fraction of sp³-hybridized carbons (Fsp3) is 0.538. The van der Waals surface area contributed by atoms with Crippen LogP contribution in [0.15, 0.2) is 12.1 Å². The van der Waals surface area contributed by atoms with Gasteiger partial charge in [-0.25, -0.2) is 8.78 Å². The molecule has 3 nitrogen and oxygen atoms in total. The van der Waals surface area contributed by atoms with E-state index < -0.39 is 11.6 Å². The number of nitrogens with one attached hydrogen (secondary N) is 1. The lowest BCUT2D eigenvalue weighted by molar-refractivity contribution is 0.344. The number of halogens is 2. The highest BCUT2D eigenvalue weighted by Gasteiger charge is 2.17. The molecule has 3 N–H and O–H groups in total. The van der Waals surface area contributed by atoms with Crippen LogP contribution in [0.5, 0.6) is 0 Å². The van der Waals surface area contributed by atoms with Gasteiger partial charge in [0.15, 0.2) is 5.82 Å². The first-order chi connectivity index (χ1) is 8.31. The molecule has 0 heterocycles. The standard InChI is InChI=1S/C13H21F2N3/c1-8(2)12(7-18(3)4)17-11-6-9(14)5-10(15)13(11)16/h5-6,8,12,17H,7,16H2,1-4H3. The molecule has 1 aromatic rings. The zero-order valence-corrected chi connectivity index (χ0v) is 11.3. The Kier molecular flexibility index (Phi) is 4.90. The minimum atomic E-state index is -0.732. The molecule has 0 aliphatic rings. The smallest absolute Gasteiger partial charge is 0.151 e. The van der Waals surface area contributed by atoms with Crippen molar-refractivity contribution in [1.29, 1.82) is 0 Å². The van der Waals surface area contributed by atoms with E-state index in [-0.39, 0.29) is 11.7 Å². The van der Waals surface area contributed by atoms with Gasteiger partial charge in [-0.05, 0) is 26.1 Å². The summed E-state index contributed by atoms with van der Waals surface area (Å²) in [6, 6.07) is 2.09. The molecule has 1 rings (SSSR count). The molecule has 18 heavy (non-hydrogen) atoms. The van der Waals surface area contributed by atoms with E-state index in [0.717, 1.165) is 12.6 Å². The van der Waals surface area contributed by atoms with Gasteiger partial charge in [0.05, 0.1) is 11.4 Å². The van der Waals surface area contributed by atoms with Crippen LogP contribution in [0, 0.1) is 17.6 Å². The zero-order chi connectivity index (χ0) is 13.9. The van der Waals surface area contributed by atoms with Crippen molar-refractivity contribution in [2.24, 2.45) is 5.92 Å². The second kappa shape index (κ2) is 6.00. The van der Waals surface area contributed by atoms with Gasteiger partial charge in [-0.15, -0.1) is 0 Å². The lowest BCUT2D eigenvalue weighted by atomic mass is 10.0. The van der Waals surface area contributed by atoms with Crippen molar-refractivity contribution < 1.29 is 8.78 Å². The molecule has 0 spiro atoms. The van der Waals surface area contributed by atoms with Gasteiger partial charge in [0, 0.05) is 18.7 Å². The van der Waals surface area contributed by atoms with E-state index >= 15 is 0 Å². The van der Waals surface area contributed by atoms with Gasteiger partial charge in [0.2, 0.25) is 0 Å². The Labute approximate surface area is 107 Å². The minimum absolute atomic E-state index is 0.0409. The Bertz CT molecular complexity index is 405. The van der Waals surface area contributed by atoms with Crippen molar-refractivity contribution in [3.8, 4) is 0 Å². The monoisotopic (exact) mass is 257 g/mol. The van der Waals surface area contributed by atoms with Gasteiger partial charge >= 0.3 is 0 Å². The number of benzene rings is 1. The van der Waals surface area contributed by atoms with E-state index in [2.05, 4.69) is 5.32 Å². The highest BCUT2D eigenvalue weighted by atomic mass is 19.1. The summed E-state index contributed by atoms with van der Waals surface area (Å²) in [5.41, 5.74) is 5.89. The average Bonchev–Trinajstić information content (AvgIpc) is 2.23. The Morgan fingerprint density at radius 1 is 1.28 bits per heavy atom. The molecule has 102 valence electrons. The molecule has 0 saturated heterocycles. The number of rotatable bonds is 5. The second-order valence-electron chi connectivity index (χ2n) is 5.11. The quantitative estimate of drug-likeness (QED) is 0.796. The number of likely N-dealkylation sites (N-methyl/N-ethyl adjacent to an activating group) is 1. The SMILES string of the molecule is CC(C)C(CN(C)C)Nc1cc(F)cc(F)c1N. The predicted molar refractivity (Wildman–Crippen MR) is 71.6 cm³/mol. The van der Waals surface area contributed by atoms with Crippen LogP contribution in [0.25, 0.3) is 0 Å². The summed E-state index contributed by atoms with van der Waals surface area (Å²) >= 11 is 0. The van der Waals surface area contributed by atoms with Crippen LogP contribution in [-0.4, -0.2) is 31.6 Å². The number of nitrogens with zero attached hydrogens (tertiary/aromatic N) is 1. The van der Waals surface area contributed by atoms with Gasteiger partial charge in [0.1, 0.15) is 5.82 Å². The molecule has 0 saturated carbocycles. The van der Waals surface area contributed by atoms with Crippen LogP contribution in [-0.2, 0) is 0 Å². The summed E-state index contributed by atoms with van der Waals surface area (Å²) in [7, 11) is 3.90. The minimum Gasteiger partial charge on any atom is -0.395 e. The van der Waals surface area contributed by atoms with Gasteiger partial charge in [0.25, 0.3) is 0 Å². The third-order valence-corrected chi connectivity index (χ3v) is 2.80. The third-order valence-electron chi connectivity index (χ3n) is 2.80. The maximum atomic E-state index is 13.3. The Hall–Kier alpha value is -1.36. The van der Waals surface area contributed by atoms with E-state index in [9.17, 15) is 8.78 Å². The van der Waals surface area contributed by atoms with Crippen molar-refractivity contribution in [3.05, 3.63) is 23.8 Å². The van der Waals surface area contributed by atoms with E-state index in [1.807, 2.05) is 32.8 Å². The first-order valence-electron chi connectivity index (χ1n) is 5.97. The van der Waals surface area contributed by atoms with Crippen LogP contribution in [0.2, 0.25) is 0 Å². The number of nitrogens with two attached hydrogens (primary N) is 1. The van der Waals surface area contributed by atoms with Crippen LogP contribution in [0.3, 0.4) is 0 Å². The van der Waals surface area contributed by atoms with Crippen molar-refractivity contribution in [1.82, 2.24) is 4.90 Å². The highest BCUT2D eigenvalue weighted by Crippen LogP contribution is 2.25. The fourth-order valence-corrected chi connectivity index (χ4v) is 1.72. The molecule has 0 fully saturated rings. The molecule has 0 bridgehead atoms. The Balaban J connectivity index is 2.93. The lowest BCUT2D eigenvalue weighted by Gasteiger charge is -2.27. The molecule has 0 aromatic heterocycles. The number of hydrogen-bond donors (Lipinski definition) is 2. The normalized spacial score (nSPS) is 13.1. The van der Waals surface area contributed by atoms with Crippen LogP contribution in [0.1, 0.15) is 13.8 Å². The summed E-state index contributed by atoms with van der Waals surface area (Å²) in [4.78, 5) is 2.02. The Morgan fingerprint density at radius 3 is 2.39 bits per heavy atom. The van der Waals surface area contributed by atoms with Gasteiger partial charge in [-0.2, -0.15) is 0 Å². The maximum Gasteiger partial charge on any atom is 0.151 e. The highest BCUT2D eigenvalue weighted by molar-refractivity contribution is 5.67. The summed E-state index contributed by atoms with van der Waals surface area (Å²) in [6.07, 6.45) is 0. The molecule has 5 heteroatoms. The summed E-state index contributed by atoms with van der Waals surface area (Å²) in [6.45, 7) is 4.86. The topological polar surface area (TPSA) is 41.3 Å². The number of anilines is 2. The van der Waals surface area contributed by atoms with Gasteiger partial charge in [-0.3, -0.25) is 0 Å². The molecule has 1 aromatic carbocycles. The van der Waals surface area contributed by atoms with Crippen molar-refractivity contribution in [3.63, 3.8) is 0 Å². The van der Waals surface area contributed by atoms with E-state index in [1.165, 1.54) is 6.07 Å². The molecule has 0 aliphatic heterocycles. The lowest BCUT2D eigenvalue weighted by Crippen LogP contribution is -2.36. The maximum absolute atomic E-state index is 13.3. The van der Waals surface area contributed by atoms with Crippen molar-refractivity contribution in [2.45, 2.75) is 19.9 Å². The van der Waals surface area contributed by atoms with Crippen LogP contribution in [0.4, 0.5) is 20.2 Å². The van der Waals surface area contributed by atoms with E-state index in [4.69, 9.17) is 5.73 Å². The molecule has 1 atom stereocenters. The molecular formula is C13H21F2N3. The van der Waals surface area contributed by atoms with Gasteiger partial charge < -0.3 is 16.0 Å². The van der Waals surface area contributed by atoms with Crippen molar-refractivity contribution >= 4 is 11.4 Å². The summed E-state index contributed by atoms with van der Waals surface area (Å²) in [5.74, 6) is -1.04. The molecule has 1 unspecified atom stereocenters. The third kappa shape index (κ3) is 3.84. The fourth-order valence-electron chi connectivity index (χ4n) is 1.72. The van der Waals surface area contributed by atoms with Crippen molar-refractivity contribution in [2.75, 3.05) is 31.7 Å². The predicted octanol–water partition coefficient (Wildman–Crippen LogP) is 2.55. The largest absolute Gasteiger partial charge is 0.395 e. The van der Waals surface area contributed by atoms with Crippen LogP contribution < -0.4 is 11.1 Å². The second-order valence-corrected chi connectivity index (χ2v) is 5.11. The van der Waals surface area contributed by atoms with Crippen LogP contribution >= 0.6 is 0 Å². The number of hydrogen-bond acceptors (Lipinski definition) is 3. The average molecular weight is 257 g/mol.